The number of anilines is 1. The molecule has 142 valence electrons. The van der Waals surface area contributed by atoms with Gasteiger partial charge in [-0.25, -0.2) is 18.7 Å². The molecule has 0 spiro atoms. The third kappa shape index (κ3) is 3.67. The van der Waals surface area contributed by atoms with E-state index < -0.39 is 18.3 Å². The van der Waals surface area contributed by atoms with Crippen molar-refractivity contribution >= 4 is 33.5 Å². The van der Waals surface area contributed by atoms with Gasteiger partial charge in [-0.15, -0.1) is 0 Å². The Morgan fingerprint density at radius 1 is 1.41 bits per heavy atom. The van der Waals surface area contributed by atoms with Crippen LogP contribution in [0.2, 0.25) is 0 Å². The monoisotopic (exact) mass is 374 g/mol. The summed E-state index contributed by atoms with van der Waals surface area (Å²) in [6.07, 6.45) is 5.98. The van der Waals surface area contributed by atoms with Crippen LogP contribution in [0.4, 0.5) is 14.5 Å². The van der Waals surface area contributed by atoms with Gasteiger partial charge in [-0.3, -0.25) is 9.89 Å². The molecule has 3 aromatic rings. The number of rotatable bonds is 4. The number of nitrogens with one attached hydrogen (secondary N) is 2. The summed E-state index contributed by atoms with van der Waals surface area (Å²) in [7, 11) is 0. The number of carbonyl (C=O) groups is 1. The van der Waals surface area contributed by atoms with Gasteiger partial charge in [-0.2, -0.15) is 5.10 Å². The van der Waals surface area contributed by atoms with Crippen LogP contribution in [0.25, 0.3) is 21.9 Å². The second kappa shape index (κ2) is 6.71. The van der Waals surface area contributed by atoms with E-state index in [0.717, 1.165) is 48.3 Å². The third-order valence-electron chi connectivity index (χ3n) is 4.76. The van der Waals surface area contributed by atoms with Crippen LogP contribution in [0.5, 0.6) is 0 Å². The number of alkyl halides is 2. The van der Waals surface area contributed by atoms with Crippen LogP contribution in [0.15, 0.2) is 24.7 Å². The lowest BCUT2D eigenvalue weighted by Gasteiger charge is -2.35. The van der Waals surface area contributed by atoms with Gasteiger partial charge >= 0.3 is 0 Å². The van der Waals surface area contributed by atoms with Gasteiger partial charge in [0, 0.05) is 36.1 Å². The normalized spacial score (nSPS) is 18.2. The highest BCUT2D eigenvalue weighted by Crippen LogP contribution is 2.32. The molecule has 3 aromatic heterocycles. The number of amides is 1. The van der Waals surface area contributed by atoms with Crippen molar-refractivity contribution in [2.24, 2.45) is 0 Å². The lowest BCUT2D eigenvalue weighted by molar-refractivity contribution is -0.128. The van der Waals surface area contributed by atoms with Crippen LogP contribution >= 0.6 is 0 Å². The molecular formula is C18H20F2N6O. The van der Waals surface area contributed by atoms with Crippen LogP contribution < -0.4 is 10.2 Å². The first-order chi connectivity index (χ1) is 12.9. The first kappa shape index (κ1) is 17.6. The summed E-state index contributed by atoms with van der Waals surface area (Å²) in [6.45, 7) is 2.10. The molecule has 1 atom stereocenters. The van der Waals surface area contributed by atoms with E-state index in [1.54, 1.807) is 18.6 Å². The molecule has 0 aliphatic carbocycles. The summed E-state index contributed by atoms with van der Waals surface area (Å²) in [5.41, 5.74) is 2.38. The van der Waals surface area contributed by atoms with E-state index in [4.69, 9.17) is 0 Å². The molecule has 0 saturated carbocycles. The van der Waals surface area contributed by atoms with E-state index in [9.17, 15) is 13.6 Å². The minimum Gasteiger partial charge on any atom is -0.368 e. The minimum atomic E-state index is -3.00. The maximum atomic E-state index is 13.1. The predicted molar refractivity (Wildman–Crippen MR) is 97.8 cm³/mol. The molecule has 27 heavy (non-hydrogen) atoms. The molecule has 1 fully saturated rings. The van der Waals surface area contributed by atoms with Crippen LogP contribution in [0, 0.1) is 0 Å². The third-order valence-corrected chi connectivity index (χ3v) is 4.76. The number of H-pyrrole nitrogens is 1. The Balaban J connectivity index is 1.60. The number of pyridine rings is 1. The van der Waals surface area contributed by atoms with Gasteiger partial charge in [0.15, 0.2) is 5.65 Å². The summed E-state index contributed by atoms with van der Waals surface area (Å²) in [4.78, 5) is 22.6. The van der Waals surface area contributed by atoms with Crippen LogP contribution in [-0.2, 0) is 4.79 Å². The Morgan fingerprint density at radius 3 is 3.07 bits per heavy atom. The topological polar surface area (TPSA) is 86.8 Å². The van der Waals surface area contributed by atoms with Crippen LogP contribution in [-0.4, -0.2) is 51.1 Å². The Bertz CT molecular complexity index is 983. The number of hydrogen-bond acceptors (Lipinski definition) is 5. The van der Waals surface area contributed by atoms with Crippen molar-refractivity contribution in [3.8, 4) is 0 Å². The molecule has 1 aliphatic heterocycles. The summed E-state index contributed by atoms with van der Waals surface area (Å²) < 4.78 is 26.1. The summed E-state index contributed by atoms with van der Waals surface area (Å²) in [6, 6.07) is 1.73. The van der Waals surface area contributed by atoms with E-state index in [2.05, 4.69) is 30.4 Å². The molecule has 0 bridgehead atoms. The van der Waals surface area contributed by atoms with Gasteiger partial charge in [0.2, 0.25) is 5.91 Å². The number of nitrogens with zero attached hydrogens (tertiary/aromatic N) is 4. The fourth-order valence-corrected chi connectivity index (χ4v) is 3.66. The van der Waals surface area contributed by atoms with Gasteiger partial charge in [-0.1, -0.05) is 0 Å². The van der Waals surface area contributed by atoms with Gasteiger partial charge in [-0.05, 0) is 25.8 Å². The molecule has 9 heteroatoms. The Kier molecular flexibility index (Phi) is 4.37. The minimum absolute atomic E-state index is 0.178. The van der Waals surface area contributed by atoms with E-state index >= 15 is 0 Å². The van der Waals surface area contributed by atoms with Crippen LogP contribution in [0.3, 0.4) is 0 Å². The van der Waals surface area contributed by atoms with E-state index in [0.29, 0.717) is 12.2 Å². The number of aromatic nitrogens is 4. The smallest absolute Gasteiger partial charge is 0.254 e. The molecule has 1 aliphatic rings. The van der Waals surface area contributed by atoms with Gasteiger partial charge in [0.1, 0.15) is 0 Å². The highest BCUT2D eigenvalue weighted by molar-refractivity contribution is 6.09. The first-order valence-electron chi connectivity index (χ1n) is 8.90. The lowest BCUT2D eigenvalue weighted by atomic mass is 10.0. The summed E-state index contributed by atoms with van der Waals surface area (Å²) in [5.74, 6) is -3.62. The van der Waals surface area contributed by atoms with E-state index in [1.807, 2.05) is 6.07 Å². The Morgan fingerprint density at radius 2 is 2.26 bits per heavy atom. The van der Waals surface area contributed by atoms with Gasteiger partial charge < -0.3 is 10.2 Å². The highest BCUT2D eigenvalue weighted by atomic mass is 19.3. The molecule has 1 unspecified atom stereocenters. The maximum absolute atomic E-state index is 13.1. The molecule has 7 nitrogen and oxygen atoms in total. The van der Waals surface area contributed by atoms with Crippen molar-refractivity contribution in [3.63, 3.8) is 0 Å². The standard InChI is InChI=1S/C18H20F2N6O/c1-18(19,20)7-15(27)24-11-3-2-6-26(10-11)14-9-23-25-13-8-22-17-12(16(13)14)4-5-21-17/h4-5,8-9,11,25H,2-3,6-7,10H2,1H3,(H,24,27). The number of fused-ring (bicyclic) bond motifs is 3. The molecule has 0 radical (unpaired) electrons. The highest BCUT2D eigenvalue weighted by Gasteiger charge is 2.29. The summed E-state index contributed by atoms with van der Waals surface area (Å²) >= 11 is 0. The number of aromatic amines is 1. The SMILES string of the molecule is CC(F)(F)CC(=O)NC1CCCN(c2cn[nH]c3cnc4nccc4c23)C1. The van der Waals surface area contributed by atoms with Crippen molar-refractivity contribution in [3.05, 3.63) is 24.7 Å². The largest absolute Gasteiger partial charge is 0.368 e. The summed E-state index contributed by atoms with van der Waals surface area (Å²) in [5, 5.41) is 11.8. The maximum Gasteiger partial charge on any atom is 0.254 e. The average Bonchev–Trinajstić information content (AvgIpc) is 3.08. The zero-order chi connectivity index (χ0) is 19.0. The van der Waals surface area contributed by atoms with Crippen molar-refractivity contribution < 1.29 is 13.6 Å². The molecule has 4 heterocycles. The number of halogens is 2. The Labute approximate surface area is 154 Å². The molecule has 0 aromatic carbocycles. The van der Waals surface area contributed by atoms with Gasteiger partial charge in [0.25, 0.3) is 5.92 Å². The van der Waals surface area contributed by atoms with Gasteiger partial charge in [0.05, 0.1) is 30.0 Å². The molecule has 1 amide bonds. The second-order valence-corrected chi connectivity index (χ2v) is 7.08. The van der Waals surface area contributed by atoms with Crippen molar-refractivity contribution in [2.75, 3.05) is 18.0 Å². The lowest BCUT2D eigenvalue weighted by Crippen LogP contribution is -2.48. The number of carbonyl (C=O) groups excluding carboxylic acids is 1. The zero-order valence-electron chi connectivity index (χ0n) is 14.9. The molecule has 2 N–H and O–H groups in total. The fraction of sp³-hybridized carbons (Fsp3) is 0.444. The zero-order valence-corrected chi connectivity index (χ0v) is 14.9. The fourth-order valence-electron chi connectivity index (χ4n) is 3.66. The quantitative estimate of drug-likeness (QED) is 0.733. The number of hydrogen-bond donors (Lipinski definition) is 2. The Hall–Kier alpha value is -2.84. The van der Waals surface area contributed by atoms with E-state index in [1.165, 1.54) is 0 Å². The van der Waals surface area contributed by atoms with Crippen molar-refractivity contribution in [1.29, 1.82) is 0 Å². The van der Waals surface area contributed by atoms with Crippen LogP contribution in [0.1, 0.15) is 26.2 Å². The van der Waals surface area contributed by atoms with Crippen molar-refractivity contribution in [1.82, 2.24) is 25.5 Å². The molecule has 4 rings (SSSR count). The molecule has 1 saturated heterocycles. The average molecular weight is 374 g/mol. The number of piperidine rings is 1. The second-order valence-electron chi connectivity index (χ2n) is 7.08. The first-order valence-corrected chi connectivity index (χ1v) is 8.90. The molecular weight excluding hydrogens is 354 g/mol. The van der Waals surface area contributed by atoms with E-state index in [-0.39, 0.29) is 6.04 Å². The van der Waals surface area contributed by atoms with Crippen molar-refractivity contribution in [2.45, 2.75) is 38.2 Å². The predicted octanol–water partition coefficient (Wildman–Crippen LogP) is 2.64.